The summed E-state index contributed by atoms with van der Waals surface area (Å²) in [6.07, 6.45) is -4.65. The highest BCUT2D eigenvalue weighted by Crippen LogP contribution is 2.34. The minimum atomic E-state index is -4.65. The number of benzene rings is 2. The third-order valence-electron chi connectivity index (χ3n) is 3.71. The number of rotatable bonds is 4. The van der Waals surface area contributed by atoms with Crippen molar-refractivity contribution in [3.05, 3.63) is 65.6 Å². The molecule has 0 fully saturated rings. The second kappa shape index (κ2) is 7.10. The van der Waals surface area contributed by atoms with Crippen molar-refractivity contribution in [1.29, 1.82) is 0 Å². The molecule has 3 N–H and O–H groups in total. The molecule has 136 valence electrons. The van der Waals surface area contributed by atoms with Crippen LogP contribution < -0.4 is 5.14 Å². The molecule has 0 atom stereocenters. The van der Waals surface area contributed by atoms with Crippen molar-refractivity contribution in [1.82, 2.24) is 9.78 Å². The number of hydrogen-bond acceptors (Lipinski definition) is 4. The quantitative estimate of drug-likeness (QED) is 0.525. The van der Waals surface area contributed by atoms with Crippen LogP contribution in [-0.4, -0.2) is 14.9 Å². The zero-order chi connectivity index (χ0) is 18.9. The molecule has 0 saturated carbocycles. The summed E-state index contributed by atoms with van der Waals surface area (Å²) in [5.74, 6) is -0.574. The number of halogens is 4. The Morgan fingerprint density at radius 3 is 2.50 bits per heavy atom. The molecule has 0 saturated heterocycles. The Labute approximate surface area is 150 Å². The second-order valence-electron chi connectivity index (χ2n) is 5.40. The molecule has 1 aromatic heterocycles. The largest absolute Gasteiger partial charge is 0.435 e. The molecular weight excluding hydrogens is 370 g/mol. The lowest BCUT2D eigenvalue weighted by Gasteiger charge is -2.11. The number of aliphatic hydroxyl groups is 1. The Balaban J connectivity index is 2.21. The fourth-order valence-corrected chi connectivity index (χ4v) is 2.93. The first kappa shape index (κ1) is 18.4. The van der Waals surface area contributed by atoms with Crippen LogP contribution in [0.5, 0.6) is 0 Å². The number of aromatic nitrogens is 2. The predicted octanol–water partition coefficient (Wildman–Crippen LogP) is 4.16. The fraction of sp³-hybridized carbons (Fsp3) is 0.118. The highest BCUT2D eigenvalue weighted by molar-refractivity contribution is 7.97. The van der Waals surface area contributed by atoms with Crippen LogP contribution in [0.3, 0.4) is 0 Å². The van der Waals surface area contributed by atoms with Gasteiger partial charge in [0.1, 0.15) is 5.82 Å². The van der Waals surface area contributed by atoms with Crippen LogP contribution >= 0.6 is 11.9 Å². The van der Waals surface area contributed by atoms with Crippen molar-refractivity contribution in [3.63, 3.8) is 0 Å². The summed E-state index contributed by atoms with van der Waals surface area (Å²) in [5.41, 5.74) is -0.0323. The summed E-state index contributed by atoms with van der Waals surface area (Å²) in [6, 6.07) is 10.7. The standard InChI is InChI=1S/C17H13F4N3OS/c18-12-3-1-2-10(6-12)14-8-16(17(19,20)21)23-24(14)13-4-5-15(26-22)11(7-13)9-25/h1-8,25H,9,22H2. The minimum absolute atomic E-state index is 0.0777. The van der Waals surface area contributed by atoms with E-state index in [1.165, 1.54) is 30.3 Å². The molecule has 0 radical (unpaired) electrons. The van der Waals surface area contributed by atoms with Gasteiger partial charge in [-0.2, -0.15) is 18.3 Å². The average molecular weight is 383 g/mol. The number of nitrogens with two attached hydrogens (primary N) is 1. The molecule has 1 heterocycles. The highest BCUT2D eigenvalue weighted by atomic mass is 32.2. The molecule has 4 nitrogen and oxygen atoms in total. The zero-order valence-corrected chi connectivity index (χ0v) is 14.0. The van der Waals surface area contributed by atoms with E-state index in [1.807, 2.05) is 0 Å². The van der Waals surface area contributed by atoms with Crippen LogP contribution in [0.4, 0.5) is 17.6 Å². The van der Waals surface area contributed by atoms with Gasteiger partial charge in [0.25, 0.3) is 0 Å². The predicted molar refractivity (Wildman–Crippen MR) is 89.9 cm³/mol. The SMILES string of the molecule is NSc1ccc(-n2nc(C(F)(F)F)cc2-c2cccc(F)c2)cc1CO. The molecule has 0 amide bonds. The zero-order valence-electron chi connectivity index (χ0n) is 13.2. The number of nitrogens with zero attached hydrogens (tertiary/aromatic N) is 2. The van der Waals surface area contributed by atoms with E-state index in [2.05, 4.69) is 5.10 Å². The Bertz CT molecular complexity index is 940. The van der Waals surface area contributed by atoms with Crippen molar-refractivity contribution in [2.75, 3.05) is 0 Å². The summed E-state index contributed by atoms with van der Waals surface area (Å²) >= 11 is 0.917. The van der Waals surface area contributed by atoms with Crippen LogP contribution in [0.25, 0.3) is 16.9 Å². The van der Waals surface area contributed by atoms with E-state index in [1.54, 1.807) is 6.07 Å². The van der Waals surface area contributed by atoms with Crippen LogP contribution in [-0.2, 0) is 12.8 Å². The molecule has 0 aliphatic rings. The second-order valence-corrected chi connectivity index (χ2v) is 6.08. The first-order valence-corrected chi connectivity index (χ1v) is 8.25. The maximum Gasteiger partial charge on any atom is 0.435 e. The fourth-order valence-electron chi connectivity index (χ4n) is 2.51. The van der Waals surface area contributed by atoms with Gasteiger partial charge in [-0.25, -0.2) is 9.07 Å². The van der Waals surface area contributed by atoms with Gasteiger partial charge in [0.2, 0.25) is 0 Å². The van der Waals surface area contributed by atoms with Crippen LogP contribution in [0.2, 0.25) is 0 Å². The number of aliphatic hydroxyl groups excluding tert-OH is 1. The smallest absolute Gasteiger partial charge is 0.392 e. The molecule has 0 aliphatic heterocycles. The maximum atomic E-state index is 13.5. The molecule has 3 aromatic rings. The third kappa shape index (κ3) is 3.59. The van der Waals surface area contributed by atoms with Gasteiger partial charge in [-0.3, -0.25) is 5.14 Å². The first-order valence-electron chi connectivity index (χ1n) is 7.37. The van der Waals surface area contributed by atoms with Gasteiger partial charge in [0.05, 0.1) is 18.0 Å². The number of alkyl halides is 3. The molecule has 3 rings (SSSR count). The van der Waals surface area contributed by atoms with Gasteiger partial charge in [-0.15, -0.1) is 0 Å². The van der Waals surface area contributed by atoms with Crippen LogP contribution in [0.15, 0.2) is 53.4 Å². The Morgan fingerprint density at radius 1 is 1.12 bits per heavy atom. The number of hydrogen-bond donors (Lipinski definition) is 2. The highest BCUT2D eigenvalue weighted by Gasteiger charge is 2.35. The summed E-state index contributed by atoms with van der Waals surface area (Å²) in [7, 11) is 0. The van der Waals surface area contributed by atoms with E-state index < -0.39 is 17.7 Å². The first-order chi connectivity index (χ1) is 12.3. The lowest BCUT2D eigenvalue weighted by molar-refractivity contribution is -0.141. The van der Waals surface area contributed by atoms with Gasteiger partial charge in [-0.05, 0) is 53.9 Å². The van der Waals surface area contributed by atoms with Crippen LogP contribution in [0, 0.1) is 5.82 Å². The molecular formula is C17H13F4N3OS. The van der Waals surface area contributed by atoms with Gasteiger partial charge < -0.3 is 5.11 Å². The van der Waals surface area contributed by atoms with E-state index in [4.69, 9.17) is 5.14 Å². The van der Waals surface area contributed by atoms with Crippen molar-refractivity contribution >= 4 is 11.9 Å². The average Bonchev–Trinajstić information content (AvgIpc) is 3.07. The lowest BCUT2D eigenvalue weighted by atomic mass is 10.1. The molecule has 9 heteroatoms. The Kier molecular flexibility index (Phi) is 5.03. The van der Waals surface area contributed by atoms with Gasteiger partial charge >= 0.3 is 6.18 Å². The van der Waals surface area contributed by atoms with E-state index in [-0.39, 0.29) is 17.9 Å². The maximum absolute atomic E-state index is 13.5. The molecule has 0 aliphatic carbocycles. The third-order valence-corrected chi connectivity index (χ3v) is 4.36. The van der Waals surface area contributed by atoms with E-state index in [0.29, 0.717) is 16.1 Å². The minimum Gasteiger partial charge on any atom is -0.392 e. The molecule has 26 heavy (non-hydrogen) atoms. The van der Waals surface area contributed by atoms with E-state index in [9.17, 15) is 22.7 Å². The van der Waals surface area contributed by atoms with Crippen LogP contribution in [0.1, 0.15) is 11.3 Å². The van der Waals surface area contributed by atoms with Crippen molar-refractivity contribution in [3.8, 4) is 16.9 Å². The van der Waals surface area contributed by atoms with Gasteiger partial charge in [0, 0.05) is 10.5 Å². The summed E-state index contributed by atoms with van der Waals surface area (Å²) in [6.45, 7) is -0.337. The van der Waals surface area contributed by atoms with Crippen molar-refractivity contribution in [2.45, 2.75) is 17.7 Å². The van der Waals surface area contributed by atoms with Crippen molar-refractivity contribution < 1.29 is 22.7 Å². The summed E-state index contributed by atoms with van der Waals surface area (Å²) in [4.78, 5) is 0.590. The molecule has 0 spiro atoms. The Morgan fingerprint density at radius 2 is 1.88 bits per heavy atom. The molecule has 0 unspecified atom stereocenters. The van der Waals surface area contributed by atoms with Gasteiger partial charge in [0.15, 0.2) is 5.69 Å². The monoisotopic (exact) mass is 383 g/mol. The topological polar surface area (TPSA) is 64.1 Å². The normalized spacial score (nSPS) is 11.8. The van der Waals surface area contributed by atoms with Gasteiger partial charge in [-0.1, -0.05) is 12.1 Å². The molecule has 0 bridgehead atoms. The Hall–Kier alpha value is -2.36. The van der Waals surface area contributed by atoms with Crippen molar-refractivity contribution in [2.24, 2.45) is 5.14 Å². The summed E-state index contributed by atoms with van der Waals surface area (Å²) < 4.78 is 54.1. The van der Waals surface area contributed by atoms with E-state index >= 15 is 0 Å². The summed E-state index contributed by atoms with van der Waals surface area (Å²) in [5, 5.41) is 18.6. The van der Waals surface area contributed by atoms with E-state index in [0.717, 1.165) is 28.8 Å². The molecule has 2 aromatic carbocycles. The lowest BCUT2D eigenvalue weighted by Crippen LogP contribution is -2.07.